The van der Waals surface area contributed by atoms with Crippen molar-refractivity contribution in [2.45, 2.75) is 12.5 Å². The van der Waals surface area contributed by atoms with Gasteiger partial charge in [0.1, 0.15) is 0 Å². The molecule has 0 spiro atoms. The van der Waals surface area contributed by atoms with Gasteiger partial charge in [0, 0.05) is 39.3 Å². The largest absolute Gasteiger partial charge is 0.340 e. The summed E-state index contributed by atoms with van der Waals surface area (Å²) in [4.78, 5) is 17.0. The Morgan fingerprint density at radius 2 is 1.95 bits per heavy atom. The standard InChI is InChI=1S/C15H21N3O/c1-17-6-8-18(9-7-17)15(19)14-11-16-10-12-4-2-3-5-13(12)14/h2-5,14,16H,6-11H2,1H3. The second-order valence-electron chi connectivity index (χ2n) is 5.51. The monoisotopic (exact) mass is 259 g/mol. The molecule has 2 aliphatic rings. The number of nitrogens with one attached hydrogen (secondary N) is 1. The fourth-order valence-corrected chi connectivity index (χ4v) is 2.96. The molecule has 1 amide bonds. The molecule has 4 heteroatoms. The molecule has 0 aliphatic carbocycles. The average molecular weight is 259 g/mol. The van der Waals surface area contributed by atoms with Gasteiger partial charge in [0.2, 0.25) is 5.91 Å². The second kappa shape index (κ2) is 5.31. The Kier molecular flexibility index (Phi) is 3.53. The molecule has 1 aromatic carbocycles. The van der Waals surface area contributed by atoms with Gasteiger partial charge >= 0.3 is 0 Å². The van der Waals surface area contributed by atoms with E-state index in [1.807, 2.05) is 17.0 Å². The Bertz CT molecular complexity index is 466. The van der Waals surface area contributed by atoms with Crippen molar-refractivity contribution in [3.63, 3.8) is 0 Å². The summed E-state index contributed by atoms with van der Waals surface area (Å²) in [6, 6.07) is 8.30. The number of likely N-dealkylation sites (N-methyl/N-ethyl adjacent to an activating group) is 1. The minimum atomic E-state index is -0.00615. The third-order valence-corrected chi connectivity index (χ3v) is 4.21. The van der Waals surface area contributed by atoms with Crippen molar-refractivity contribution in [3.8, 4) is 0 Å². The molecule has 1 saturated heterocycles. The van der Waals surface area contributed by atoms with Gasteiger partial charge in [0.15, 0.2) is 0 Å². The summed E-state index contributed by atoms with van der Waals surface area (Å²) in [6.45, 7) is 5.31. The van der Waals surface area contributed by atoms with E-state index in [1.54, 1.807) is 0 Å². The molecule has 3 rings (SSSR count). The van der Waals surface area contributed by atoms with Crippen LogP contribution >= 0.6 is 0 Å². The van der Waals surface area contributed by atoms with E-state index in [0.29, 0.717) is 0 Å². The van der Waals surface area contributed by atoms with Crippen LogP contribution in [0.15, 0.2) is 24.3 Å². The van der Waals surface area contributed by atoms with Gasteiger partial charge < -0.3 is 15.1 Å². The predicted molar refractivity (Wildman–Crippen MR) is 75.0 cm³/mol. The normalized spacial score (nSPS) is 24.1. The van der Waals surface area contributed by atoms with E-state index >= 15 is 0 Å². The van der Waals surface area contributed by atoms with Crippen LogP contribution in [0.25, 0.3) is 0 Å². The van der Waals surface area contributed by atoms with Gasteiger partial charge in [-0.05, 0) is 18.2 Å². The van der Waals surface area contributed by atoms with Crippen molar-refractivity contribution in [1.29, 1.82) is 0 Å². The Morgan fingerprint density at radius 1 is 1.21 bits per heavy atom. The summed E-state index contributed by atoms with van der Waals surface area (Å²) in [5.41, 5.74) is 2.48. The summed E-state index contributed by atoms with van der Waals surface area (Å²) < 4.78 is 0. The minimum absolute atomic E-state index is 0.00615. The Morgan fingerprint density at radius 3 is 2.74 bits per heavy atom. The second-order valence-corrected chi connectivity index (χ2v) is 5.51. The number of hydrogen-bond acceptors (Lipinski definition) is 3. The van der Waals surface area contributed by atoms with Crippen molar-refractivity contribution in [2.75, 3.05) is 39.8 Å². The quantitative estimate of drug-likeness (QED) is 0.804. The Balaban J connectivity index is 1.78. The first-order valence-corrected chi connectivity index (χ1v) is 7.01. The average Bonchev–Trinajstić information content (AvgIpc) is 2.47. The lowest BCUT2D eigenvalue weighted by molar-refractivity contribution is -0.134. The van der Waals surface area contributed by atoms with Crippen LogP contribution in [0.1, 0.15) is 17.0 Å². The van der Waals surface area contributed by atoms with Crippen molar-refractivity contribution < 1.29 is 4.79 Å². The first-order valence-electron chi connectivity index (χ1n) is 7.01. The van der Waals surface area contributed by atoms with Gasteiger partial charge in [-0.2, -0.15) is 0 Å². The SMILES string of the molecule is CN1CCN(C(=O)C2CNCc3ccccc32)CC1. The van der Waals surface area contributed by atoms with Gasteiger partial charge in [0.05, 0.1) is 5.92 Å². The summed E-state index contributed by atoms with van der Waals surface area (Å²) >= 11 is 0. The molecule has 2 aliphatic heterocycles. The van der Waals surface area contributed by atoms with Crippen LogP contribution in [0.3, 0.4) is 0 Å². The maximum absolute atomic E-state index is 12.7. The maximum atomic E-state index is 12.7. The molecule has 102 valence electrons. The summed E-state index contributed by atoms with van der Waals surface area (Å²) in [6.07, 6.45) is 0. The molecule has 2 heterocycles. The van der Waals surface area contributed by atoms with Crippen LogP contribution in [0.2, 0.25) is 0 Å². The van der Waals surface area contributed by atoms with Gasteiger partial charge in [-0.15, -0.1) is 0 Å². The molecule has 1 aromatic rings. The zero-order chi connectivity index (χ0) is 13.2. The number of nitrogens with zero attached hydrogens (tertiary/aromatic N) is 2. The lowest BCUT2D eigenvalue weighted by Gasteiger charge is -2.36. The highest BCUT2D eigenvalue weighted by atomic mass is 16.2. The van der Waals surface area contributed by atoms with Crippen molar-refractivity contribution in [1.82, 2.24) is 15.1 Å². The molecule has 0 radical (unpaired) electrons. The van der Waals surface area contributed by atoms with Crippen LogP contribution in [-0.4, -0.2) is 55.5 Å². The van der Waals surface area contributed by atoms with Crippen molar-refractivity contribution in [2.24, 2.45) is 0 Å². The molecule has 1 unspecified atom stereocenters. The van der Waals surface area contributed by atoms with Gasteiger partial charge in [-0.1, -0.05) is 24.3 Å². The zero-order valence-corrected chi connectivity index (χ0v) is 11.4. The molecular weight excluding hydrogens is 238 g/mol. The third kappa shape index (κ3) is 2.51. The van der Waals surface area contributed by atoms with E-state index in [2.05, 4.69) is 29.4 Å². The number of hydrogen-bond donors (Lipinski definition) is 1. The molecule has 19 heavy (non-hydrogen) atoms. The van der Waals surface area contributed by atoms with E-state index in [4.69, 9.17) is 0 Å². The van der Waals surface area contributed by atoms with E-state index in [-0.39, 0.29) is 11.8 Å². The number of amides is 1. The highest BCUT2D eigenvalue weighted by Gasteiger charge is 2.30. The van der Waals surface area contributed by atoms with Crippen LogP contribution in [0.5, 0.6) is 0 Å². The lowest BCUT2D eigenvalue weighted by Crippen LogP contribution is -2.50. The maximum Gasteiger partial charge on any atom is 0.231 e. The fraction of sp³-hybridized carbons (Fsp3) is 0.533. The van der Waals surface area contributed by atoms with E-state index in [0.717, 1.165) is 39.3 Å². The highest BCUT2D eigenvalue weighted by molar-refractivity contribution is 5.85. The van der Waals surface area contributed by atoms with E-state index in [9.17, 15) is 4.79 Å². The van der Waals surface area contributed by atoms with Gasteiger partial charge in [-0.3, -0.25) is 4.79 Å². The molecule has 0 aromatic heterocycles. The summed E-state index contributed by atoms with van der Waals surface area (Å²) in [5, 5.41) is 3.36. The molecule has 4 nitrogen and oxygen atoms in total. The Hall–Kier alpha value is -1.39. The van der Waals surface area contributed by atoms with E-state index < -0.39 is 0 Å². The number of carbonyl (C=O) groups is 1. The number of carbonyl (C=O) groups excluding carboxylic acids is 1. The van der Waals surface area contributed by atoms with Crippen LogP contribution < -0.4 is 5.32 Å². The van der Waals surface area contributed by atoms with Gasteiger partial charge in [-0.25, -0.2) is 0 Å². The van der Waals surface area contributed by atoms with Crippen LogP contribution in [-0.2, 0) is 11.3 Å². The zero-order valence-electron chi connectivity index (χ0n) is 11.4. The minimum Gasteiger partial charge on any atom is -0.340 e. The molecule has 0 bridgehead atoms. The molecule has 1 atom stereocenters. The molecule has 0 saturated carbocycles. The third-order valence-electron chi connectivity index (χ3n) is 4.21. The smallest absolute Gasteiger partial charge is 0.231 e. The first kappa shape index (κ1) is 12.6. The van der Waals surface area contributed by atoms with Crippen LogP contribution in [0.4, 0.5) is 0 Å². The lowest BCUT2D eigenvalue weighted by atomic mass is 9.89. The van der Waals surface area contributed by atoms with Gasteiger partial charge in [0.25, 0.3) is 0 Å². The molecular formula is C15H21N3O. The number of rotatable bonds is 1. The predicted octanol–water partition coefficient (Wildman–Crippen LogP) is 0.647. The number of fused-ring (bicyclic) bond motifs is 1. The van der Waals surface area contributed by atoms with E-state index in [1.165, 1.54) is 11.1 Å². The summed E-state index contributed by atoms with van der Waals surface area (Å²) in [5.74, 6) is 0.279. The fourth-order valence-electron chi connectivity index (χ4n) is 2.96. The van der Waals surface area contributed by atoms with Crippen molar-refractivity contribution >= 4 is 5.91 Å². The topological polar surface area (TPSA) is 35.6 Å². The molecule has 1 fully saturated rings. The number of benzene rings is 1. The van der Waals surface area contributed by atoms with Crippen LogP contribution in [0, 0.1) is 0 Å². The Labute approximate surface area is 114 Å². The van der Waals surface area contributed by atoms with Crippen molar-refractivity contribution in [3.05, 3.63) is 35.4 Å². The number of piperazine rings is 1. The molecule has 1 N–H and O–H groups in total. The summed E-state index contributed by atoms with van der Waals surface area (Å²) in [7, 11) is 2.11. The highest BCUT2D eigenvalue weighted by Crippen LogP contribution is 2.25. The first-order chi connectivity index (χ1) is 9.25.